The maximum atomic E-state index is 2.69. The molecule has 0 radical (unpaired) electrons. The average molecular weight is 202 g/mol. The molecule has 0 aliphatic rings. The van der Waals surface area contributed by atoms with Gasteiger partial charge in [0.1, 0.15) is 0 Å². The molecule has 0 saturated heterocycles. The Bertz CT molecular complexity index is 129. The highest BCUT2D eigenvalue weighted by Gasteiger charge is 2.37. The topological polar surface area (TPSA) is 6.48 Å². The van der Waals surface area contributed by atoms with E-state index in [9.17, 15) is 0 Å². The smallest absolute Gasteiger partial charge is 0.205 e. The zero-order valence-electron chi connectivity index (χ0n) is 10.2. The summed E-state index contributed by atoms with van der Waals surface area (Å²) in [4.78, 5) is 0. The molecule has 0 aliphatic carbocycles. The van der Waals surface area contributed by atoms with Crippen LogP contribution in [0.5, 0.6) is 0 Å². The minimum atomic E-state index is -1.28. The van der Waals surface area contributed by atoms with Crippen molar-refractivity contribution in [2.24, 2.45) is 0 Å². The number of hydrogen-bond acceptors (Lipinski definition) is 2. The van der Waals surface area contributed by atoms with E-state index in [0.29, 0.717) is 0 Å². The third-order valence-electron chi connectivity index (χ3n) is 3.32. The van der Waals surface area contributed by atoms with Crippen molar-refractivity contribution >= 4 is 8.40 Å². The lowest BCUT2D eigenvalue weighted by Gasteiger charge is -2.44. The Hall–Kier alpha value is 0.137. The minimum absolute atomic E-state index is 1.20. The van der Waals surface area contributed by atoms with Crippen molar-refractivity contribution in [2.75, 3.05) is 27.2 Å². The summed E-state index contributed by atoms with van der Waals surface area (Å²) in [6, 6.07) is 2.66. The van der Waals surface area contributed by atoms with E-state index in [1.165, 1.54) is 25.2 Å². The first-order valence-corrected chi connectivity index (χ1v) is 7.82. The SMILES string of the molecule is CCN(CC)[Si](CC)(CC)N(C)C. The maximum absolute atomic E-state index is 2.69. The van der Waals surface area contributed by atoms with Gasteiger partial charge in [0, 0.05) is 0 Å². The second-order valence-electron chi connectivity index (χ2n) is 3.76. The van der Waals surface area contributed by atoms with Crippen LogP contribution in [0.15, 0.2) is 0 Å². The van der Waals surface area contributed by atoms with Crippen LogP contribution in [0.3, 0.4) is 0 Å². The Morgan fingerprint density at radius 3 is 1.31 bits per heavy atom. The van der Waals surface area contributed by atoms with E-state index in [-0.39, 0.29) is 0 Å². The average Bonchev–Trinajstić information content (AvgIpc) is 2.13. The van der Waals surface area contributed by atoms with Crippen LogP contribution in [-0.4, -0.2) is 44.7 Å². The van der Waals surface area contributed by atoms with E-state index in [1.54, 1.807) is 0 Å². The molecule has 0 saturated carbocycles. The van der Waals surface area contributed by atoms with Crippen molar-refractivity contribution < 1.29 is 0 Å². The van der Waals surface area contributed by atoms with E-state index >= 15 is 0 Å². The first-order valence-electron chi connectivity index (χ1n) is 5.51. The summed E-state index contributed by atoms with van der Waals surface area (Å²) < 4.78 is 5.19. The lowest BCUT2D eigenvalue weighted by atomic mass is 10.7. The van der Waals surface area contributed by atoms with E-state index in [4.69, 9.17) is 0 Å². The summed E-state index contributed by atoms with van der Waals surface area (Å²) in [5.74, 6) is 0. The van der Waals surface area contributed by atoms with Gasteiger partial charge in [-0.1, -0.05) is 27.7 Å². The second kappa shape index (κ2) is 5.78. The molecule has 2 nitrogen and oxygen atoms in total. The summed E-state index contributed by atoms with van der Waals surface area (Å²) in [5, 5.41) is 0. The van der Waals surface area contributed by atoms with Gasteiger partial charge in [0.05, 0.1) is 0 Å². The van der Waals surface area contributed by atoms with Crippen LogP contribution in [-0.2, 0) is 0 Å². The number of rotatable bonds is 6. The molecule has 80 valence electrons. The van der Waals surface area contributed by atoms with Gasteiger partial charge in [-0.05, 0) is 39.3 Å². The molecule has 0 spiro atoms. The molecule has 3 heteroatoms. The van der Waals surface area contributed by atoms with E-state index in [0.717, 1.165) is 0 Å². The van der Waals surface area contributed by atoms with Gasteiger partial charge >= 0.3 is 0 Å². The molecule has 0 aliphatic heterocycles. The lowest BCUT2D eigenvalue weighted by Crippen LogP contribution is -2.62. The molecule has 0 N–H and O–H groups in total. The van der Waals surface area contributed by atoms with Crippen molar-refractivity contribution in [1.29, 1.82) is 0 Å². The van der Waals surface area contributed by atoms with Gasteiger partial charge < -0.3 is 9.13 Å². The third-order valence-corrected chi connectivity index (χ3v) is 9.06. The fourth-order valence-electron chi connectivity index (χ4n) is 2.42. The zero-order chi connectivity index (χ0) is 10.5. The fraction of sp³-hybridized carbons (Fsp3) is 1.00. The quantitative estimate of drug-likeness (QED) is 0.610. The van der Waals surface area contributed by atoms with Crippen LogP contribution < -0.4 is 0 Å². The molecule has 0 fully saturated rings. The summed E-state index contributed by atoms with van der Waals surface area (Å²) in [6.45, 7) is 11.6. The molecule has 13 heavy (non-hydrogen) atoms. The van der Waals surface area contributed by atoms with Crippen LogP contribution in [0, 0.1) is 0 Å². The third kappa shape index (κ3) is 2.54. The molecule has 0 aromatic heterocycles. The van der Waals surface area contributed by atoms with Crippen molar-refractivity contribution in [3.63, 3.8) is 0 Å². The fourth-order valence-corrected chi connectivity index (χ4v) is 6.83. The molecule has 0 rings (SSSR count). The molecular weight excluding hydrogens is 176 g/mol. The maximum Gasteiger partial charge on any atom is 0.205 e. The molecule has 0 bridgehead atoms. The van der Waals surface area contributed by atoms with Crippen molar-refractivity contribution in [3.8, 4) is 0 Å². The van der Waals surface area contributed by atoms with Gasteiger partial charge in [-0.3, -0.25) is 0 Å². The summed E-state index contributed by atoms with van der Waals surface area (Å²) in [7, 11) is 3.21. The molecule has 0 aromatic carbocycles. The van der Waals surface area contributed by atoms with Crippen LogP contribution in [0.4, 0.5) is 0 Å². The standard InChI is InChI=1S/C10H26N2Si/c1-7-12(8-2)13(9-3,10-4)11(5)6/h7-10H2,1-6H3. The zero-order valence-corrected chi connectivity index (χ0v) is 11.2. The number of nitrogens with zero attached hydrogens (tertiary/aromatic N) is 2. The van der Waals surface area contributed by atoms with Crippen molar-refractivity contribution in [3.05, 3.63) is 0 Å². The van der Waals surface area contributed by atoms with Gasteiger partial charge in [-0.2, -0.15) is 0 Å². The van der Waals surface area contributed by atoms with Crippen molar-refractivity contribution in [1.82, 2.24) is 9.13 Å². The molecular formula is C10H26N2Si. The molecule has 0 aromatic rings. The van der Waals surface area contributed by atoms with Crippen LogP contribution in [0.25, 0.3) is 0 Å². The van der Waals surface area contributed by atoms with E-state index in [2.05, 4.69) is 50.9 Å². The summed E-state index contributed by atoms with van der Waals surface area (Å²) in [5.41, 5.74) is 0. The monoisotopic (exact) mass is 202 g/mol. The minimum Gasteiger partial charge on any atom is -0.317 e. The highest BCUT2D eigenvalue weighted by Crippen LogP contribution is 2.21. The Morgan fingerprint density at radius 1 is 0.846 bits per heavy atom. The van der Waals surface area contributed by atoms with E-state index < -0.39 is 8.40 Å². The normalized spacial score (nSPS) is 12.9. The lowest BCUT2D eigenvalue weighted by molar-refractivity contribution is 0.394. The van der Waals surface area contributed by atoms with E-state index in [1.807, 2.05) is 0 Å². The Morgan fingerprint density at radius 2 is 1.23 bits per heavy atom. The molecule has 0 atom stereocenters. The summed E-state index contributed by atoms with van der Waals surface area (Å²) >= 11 is 0. The largest absolute Gasteiger partial charge is 0.317 e. The first-order chi connectivity index (χ1) is 6.08. The van der Waals surface area contributed by atoms with Gasteiger partial charge in [0.25, 0.3) is 0 Å². The summed E-state index contributed by atoms with van der Waals surface area (Å²) in [6.07, 6.45) is 0. The van der Waals surface area contributed by atoms with Crippen molar-refractivity contribution in [2.45, 2.75) is 39.8 Å². The predicted molar refractivity (Wildman–Crippen MR) is 63.3 cm³/mol. The second-order valence-corrected chi connectivity index (χ2v) is 8.66. The Labute approximate surface area is 85.1 Å². The molecule has 0 unspecified atom stereocenters. The van der Waals surface area contributed by atoms with Crippen LogP contribution in [0.1, 0.15) is 27.7 Å². The van der Waals surface area contributed by atoms with Gasteiger partial charge in [0.15, 0.2) is 0 Å². The predicted octanol–water partition coefficient (Wildman–Crippen LogP) is 2.37. The van der Waals surface area contributed by atoms with Gasteiger partial charge in [0.2, 0.25) is 8.40 Å². The Balaban J connectivity index is 4.71. The van der Waals surface area contributed by atoms with Crippen LogP contribution in [0.2, 0.25) is 12.1 Å². The Kier molecular flexibility index (Phi) is 5.84. The highest BCUT2D eigenvalue weighted by molar-refractivity contribution is 6.74. The molecule has 0 heterocycles. The van der Waals surface area contributed by atoms with Gasteiger partial charge in [-0.25, -0.2) is 0 Å². The van der Waals surface area contributed by atoms with Crippen LogP contribution >= 0.6 is 0 Å². The van der Waals surface area contributed by atoms with Gasteiger partial charge in [-0.15, -0.1) is 0 Å². The number of hydrogen-bond donors (Lipinski definition) is 0. The first kappa shape index (κ1) is 13.1. The highest BCUT2D eigenvalue weighted by atomic mass is 28.3. The molecule has 0 amide bonds.